The van der Waals surface area contributed by atoms with Crippen molar-refractivity contribution in [2.45, 2.75) is 38.7 Å². The normalized spacial score (nSPS) is 35.6. The minimum atomic E-state index is -2.45. The van der Waals surface area contributed by atoms with Crippen LogP contribution in [-0.4, -0.2) is 17.9 Å². The molecule has 0 aromatic carbocycles. The fourth-order valence-corrected chi connectivity index (χ4v) is 2.44. The first kappa shape index (κ1) is 10.6. The molecule has 84 valence electrons. The summed E-state index contributed by atoms with van der Waals surface area (Å²) in [5, 5.41) is 2.76. The number of amides is 1. The van der Waals surface area contributed by atoms with Gasteiger partial charge in [-0.05, 0) is 26.7 Å². The average Bonchev–Trinajstić information content (AvgIpc) is 2.45. The average molecular weight is 215 g/mol. The maximum Gasteiger partial charge on any atom is 0.254 e. The third kappa shape index (κ3) is 1.90. The molecule has 1 amide bonds. The summed E-state index contributed by atoms with van der Waals surface area (Å²) in [6.45, 7) is 3.67. The van der Waals surface area contributed by atoms with Crippen molar-refractivity contribution in [3.8, 4) is 0 Å². The highest BCUT2D eigenvalue weighted by molar-refractivity contribution is 5.88. The van der Waals surface area contributed by atoms with Crippen LogP contribution >= 0.6 is 0 Å². The van der Waals surface area contributed by atoms with E-state index in [2.05, 4.69) is 5.32 Å². The number of halogens is 2. The number of rotatable bonds is 2. The van der Waals surface area contributed by atoms with Crippen LogP contribution in [0, 0.1) is 11.8 Å². The molecule has 0 radical (unpaired) electrons. The number of hydrogen-bond donors (Lipinski definition) is 1. The standard InChI is InChI=1S/C11H15F2NO/c1-6(2)3-10(15)14-7-4-8-9(5-7)11(8,12)13/h3,7-9H,4-5H2,1-2H3,(H,14,15). The topological polar surface area (TPSA) is 29.1 Å². The molecule has 4 heteroatoms. The predicted molar refractivity (Wildman–Crippen MR) is 52.5 cm³/mol. The van der Waals surface area contributed by atoms with Gasteiger partial charge in [0.2, 0.25) is 5.91 Å². The second kappa shape index (κ2) is 3.29. The Morgan fingerprint density at radius 2 is 1.87 bits per heavy atom. The highest BCUT2D eigenvalue weighted by atomic mass is 19.3. The van der Waals surface area contributed by atoms with Gasteiger partial charge in [0.05, 0.1) is 0 Å². The third-order valence-corrected chi connectivity index (χ3v) is 3.21. The van der Waals surface area contributed by atoms with Gasteiger partial charge in [-0.3, -0.25) is 4.79 Å². The zero-order valence-corrected chi connectivity index (χ0v) is 8.89. The van der Waals surface area contributed by atoms with Crippen LogP contribution in [0.5, 0.6) is 0 Å². The largest absolute Gasteiger partial charge is 0.350 e. The van der Waals surface area contributed by atoms with Crippen LogP contribution in [-0.2, 0) is 4.79 Å². The van der Waals surface area contributed by atoms with Gasteiger partial charge in [-0.25, -0.2) is 8.78 Å². The molecule has 15 heavy (non-hydrogen) atoms. The van der Waals surface area contributed by atoms with Gasteiger partial charge in [0.25, 0.3) is 5.92 Å². The molecule has 2 saturated carbocycles. The molecule has 2 atom stereocenters. The summed E-state index contributed by atoms with van der Waals surface area (Å²) >= 11 is 0. The van der Waals surface area contributed by atoms with Crippen LogP contribution < -0.4 is 5.32 Å². The van der Waals surface area contributed by atoms with Crippen LogP contribution in [0.15, 0.2) is 11.6 Å². The maximum atomic E-state index is 12.8. The second-order valence-corrected chi connectivity index (χ2v) is 4.79. The van der Waals surface area contributed by atoms with E-state index in [1.165, 1.54) is 6.08 Å². The van der Waals surface area contributed by atoms with E-state index >= 15 is 0 Å². The van der Waals surface area contributed by atoms with Crippen molar-refractivity contribution in [2.75, 3.05) is 0 Å². The summed E-state index contributed by atoms with van der Waals surface area (Å²) in [6.07, 6.45) is 2.36. The van der Waals surface area contributed by atoms with Gasteiger partial charge in [0, 0.05) is 24.0 Å². The predicted octanol–water partition coefficient (Wildman–Crippen LogP) is 2.11. The quantitative estimate of drug-likeness (QED) is 0.702. The Morgan fingerprint density at radius 1 is 1.33 bits per heavy atom. The van der Waals surface area contributed by atoms with Crippen LogP contribution in [0.1, 0.15) is 26.7 Å². The van der Waals surface area contributed by atoms with Crippen molar-refractivity contribution in [3.63, 3.8) is 0 Å². The molecule has 0 spiro atoms. The lowest BCUT2D eigenvalue weighted by Gasteiger charge is -2.14. The zero-order valence-electron chi connectivity index (χ0n) is 8.89. The van der Waals surface area contributed by atoms with E-state index in [1.807, 2.05) is 13.8 Å². The molecule has 0 aliphatic heterocycles. The molecule has 2 nitrogen and oxygen atoms in total. The fourth-order valence-electron chi connectivity index (χ4n) is 2.44. The van der Waals surface area contributed by atoms with Crippen molar-refractivity contribution in [2.24, 2.45) is 11.8 Å². The van der Waals surface area contributed by atoms with Crippen molar-refractivity contribution in [3.05, 3.63) is 11.6 Å². The van der Waals surface area contributed by atoms with E-state index in [1.54, 1.807) is 0 Å². The molecule has 0 saturated heterocycles. The molecule has 2 unspecified atom stereocenters. The van der Waals surface area contributed by atoms with Gasteiger partial charge >= 0.3 is 0 Å². The molecule has 2 aliphatic carbocycles. The number of allylic oxidation sites excluding steroid dienone is 1. The zero-order chi connectivity index (χ0) is 11.2. The first-order chi connectivity index (χ1) is 6.91. The molecule has 2 rings (SSSR count). The summed E-state index contributed by atoms with van der Waals surface area (Å²) in [5.74, 6) is -3.56. The molecular formula is C11H15F2NO. The third-order valence-electron chi connectivity index (χ3n) is 3.21. The summed E-state index contributed by atoms with van der Waals surface area (Å²) in [6, 6.07) is -0.0530. The highest BCUT2D eigenvalue weighted by Gasteiger charge is 2.71. The minimum Gasteiger partial charge on any atom is -0.350 e. The van der Waals surface area contributed by atoms with Gasteiger partial charge in [-0.15, -0.1) is 0 Å². The van der Waals surface area contributed by atoms with Gasteiger partial charge < -0.3 is 5.32 Å². The lowest BCUT2D eigenvalue weighted by Crippen LogP contribution is -2.34. The lowest BCUT2D eigenvalue weighted by molar-refractivity contribution is -0.117. The maximum absolute atomic E-state index is 12.8. The van der Waals surface area contributed by atoms with Crippen molar-refractivity contribution in [1.29, 1.82) is 0 Å². The molecule has 2 fully saturated rings. The van der Waals surface area contributed by atoms with Crippen molar-refractivity contribution >= 4 is 5.91 Å². The highest BCUT2D eigenvalue weighted by Crippen LogP contribution is 2.63. The molecule has 0 aromatic heterocycles. The SMILES string of the molecule is CC(C)=CC(=O)NC1CC2C(C1)C2(F)F. The number of carbonyl (C=O) groups is 1. The molecule has 1 N–H and O–H groups in total. The van der Waals surface area contributed by atoms with E-state index in [0.29, 0.717) is 12.8 Å². The Kier molecular flexibility index (Phi) is 2.32. The van der Waals surface area contributed by atoms with Gasteiger partial charge in [0.1, 0.15) is 0 Å². The number of nitrogens with one attached hydrogen (secondary N) is 1. The van der Waals surface area contributed by atoms with Crippen LogP contribution in [0.4, 0.5) is 8.78 Å². The van der Waals surface area contributed by atoms with Gasteiger partial charge in [-0.1, -0.05) is 5.57 Å². The van der Waals surface area contributed by atoms with Crippen molar-refractivity contribution < 1.29 is 13.6 Å². The Bertz CT molecular complexity index is 307. The van der Waals surface area contributed by atoms with E-state index in [0.717, 1.165) is 5.57 Å². The van der Waals surface area contributed by atoms with E-state index in [-0.39, 0.29) is 11.9 Å². The molecule has 0 bridgehead atoms. The molecule has 0 aromatic rings. The Hall–Kier alpha value is -0.930. The Labute approximate surface area is 87.7 Å². The lowest BCUT2D eigenvalue weighted by atomic mass is 10.1. The summed E-state index contributed by atoms with van der Waals surface area (Å²) in [7, 11) is 0. The molecule has 0 heterocycles. The van der Waals surface area contributed by atoms with Crippen LogP contribution in [0.25, 0.3) is 0 Å². The fraction of sp³-hybridized carbons (Fsp3) is 0.727. The van der Waals surface area contributed by atoms with Crippen LogP contribution in [0.3, 0.4) is 0 Å². The van der Waals surface area contributed by atoms with Gasteiger partial charge in [-0.2, -0.15) is 0 Å². The van der Waals surface area contributed by atoms with Crippen LogP contribution in [0.2, 0.25) is 0 Å². The van der Waals surface area contributed by atoms with E-state index in [9.17, 15) is 13.6 Å². The Morgan fingerprint density at radius 3 is 2.33 bits per heavy atom. The van der Waals surface area contributed by atoms with Gasteiger partial charge in [0.15, 0.2) is 0 Å². The molecular weight excluding hydrogens is 200 g/mol. The van der Waals surface area contributed by atoms with E-state index < -0.39 is 17.8 Å². The van der Waals surface area contributed by atoms with Crippen molar-refractivity contribution in [1.82, 2.24) is 5.32 Å². The monoisotopic (exact) mass is 215 g/mol. The van der Waals surface area contributed by atoms with E-state index in [4.69, 9.17) is 0 Å². The molecule has 2 aliphatic rings. The minimum absolute atomic E-state index is 0.0530. The number of fused-ring (bicyclic) bond motifs is 1. The smallest absolute Gasteiger partial charge is 0.254 e. The summed E-state index contributed by atoms with van der Waals surface area (Å²) < 4.78 is 25.7. The summed E-state index contributed by atoms with van der Waals surface area (Å²) in [4.78, 5) is 11.3. The number of alkyl halides is 2. The summed E-state index contributed by atoms with van der Waals surface area (Å²) in [5.41, 5.74) is 0.918. The first-order valence-corrected chi connectivity index (χ1v) is 5.24. The number of carbonyl (C=O) groups excluding carboxylic acids is 1. The second-order valence-electron chi connectivity index (χ2n) is 4.79. The Balaban J connectivity index is 1.81. The first-order valence-electron chi connectivity index (χ1n) is 5.24. The number of hydrogen-bond acceptors (Lipinski definition) is 1.